The van der Waals surface area contributed by atoms with Crippen LogP contribution in [0.5, 0.6) is 0 Å². The second-order valence-electron chi connectivity index (χ2n) is 6.73. The van der Waals surface area contributed by atoms with E-state index < -0.39 is 11.8 Å². The number of aliphatic hydroxyl groups is 1. The summed E-state index contributed by atoms with van der Waals surface area (Å²) in [4.78, 5) is 32.1. The van der Waals surface area contributed by atoms with Gasteiger partial charge < -0.3 is 5.11 Å². The first kappa shape index (κ1) is 22.4. The van der Waals surface area contributed by atoms with Gasteiger partial charge >= 0.3 is 0 Å². The standard InChI is InChI=1S/C20H27N5O4/c1-2-3-4-7-17(12-24(29)14-27)19(28)25(21)20-22-10-9-18(23-20)16-8-5-6-15(11-16)13-26/h5-6,8-11,14,17,26,29H,2-4,7,12-13,21H2,1H3/t17-/m1/s1. The lowest BCUT2D eigenvalue weighted by Gasteiger charge is -2.23. The summed E-state index contributed by atoms with van der Waals surface area (Å²) in [5.41, 5.74) is 2.03. The fourth-order valence-corrected chi connectivity index (χ4v) is 2.95. The molecule has 1 atom stereocenters. The molecule has 0 aliphatic heterocycles. The number of hydroxylamine groups is 2. The Kier molecular flexibility index (Phi) is 8.66. The highest BCUT2D eigenvalue weighted by molar-refractivity contribution is 5.92. The van der Waals surface area contributed by atoms with Crippen molar-refractivity contribution in [1.29, 1.82) is 0 Å². The van der Waals surface area contributed by atoms with Gasteiger partial charge in [0, 0.05) is 11.8 Å². The quantitative estimate of drug-likeness (QED) is 0.131. The molecule has 9 nitrogen and oxygen atoms in total. The molecule has 0 unspecified atom stereocenters. The molecule has 0 aliphatic rings. The monoisotopic (exact) mass is 401 g/mol. The van der Waals surface area contributed by atoms with E-state index >= 15 is 0 Å². The normalized spacial score (nSPS) is 11.7. The highest BCUT2D eigenvalue weighted by Crippen LogP contribution is 2.21. The molecule has 156 valence electrons. The molecule has 1 heterocycles. The Hall–Kier alpha value is -2.88. The van der Waals surface area contributed by atoms with Gasteiger partial charge in [-0.05, 0) is 24.1 Å². The second kappa shape index (κ2) is 11.2. The minimum absolute atomic E-state index is 0.0120. The van der Waals surface area contributed by atoms with E-state index in [9.17, 15) is 19.9 Å². The van der Waals surface area contributed by atoms with Gasteiger partial charge in [0.15, 0.2) is 0 Å². The Morgan fingerprint density at radius 2 is 2.10 bits per heavy atom. The van der Waals surface area contributed by atoms with Crippen molar-refractivity contribution in [2.24, 2.45) is 11.8 Å². The summed E-state index contributed by atoms with van der Waals surface area (Å²) in [6.45, 7) is 1.79. The van der Waals surface area contributed by atoms with E-state index in [0.717, 1.165) is 35.4 Å². The summed E-state index contributed by atoms with van der Waals surface area (Å²) in [5.74, 6) is 4.85. The molecule has 0 bridgehead atoms. The molecule has 0 aliphatic carbocycles. The van der Waals surface area contributed by atoms with Gasteiger partial charge in [0.05, 0.1) is 24.8 Å². The van der Waals surface area contributed by atoms with Crippen LogP contribution >= 0.6 is 0 Å². The van der Waals surface area contributed by atoms with Crippen LogP contribution in [0.4, 0.5) is 5.95 Å². The summed E-state index contributed by atoms with van der Waals surface area (Å²) in [6.07, 6.45) is 4.89. The van der Waals surface area contributed by atoms with Crippen LogP contribution < -0.4 is 10.9 Å². The molecule has 0 saturated heterocycles. The third kappa shape index (κ3) is 6.31. The molecule has 0 saturated carbocycles. The molecule has 1 aromatic carbocycles. The van der Waals surface area contributed by atoms with Gasteiger partial charge in [-0.1, -0.05) is 44.4 Å². The van der Waals surface area contributed by atoms with Gasteiger partial charge in [0.25, 0.3) is 0 Å². The Morgan fingerprint density at radius 3 is 2.79 bits per heavy atom. The van der Waals surface area contributed by atoms with E-state index in [1.807, 2.05) is 13.0 Å². The van der Waals surface area contributed by atoms with Crippen LogP contribution in [-0.4, -0.2) is 44.2 Å². The lowest BCUT2D eigenvalue weighted by molar-refractivity contribution is -0.154. The number of unbranched alkanes of at least 4 members (excludes halogenated alkanes) is 2. The van der Waals surface area contributed by atoms with Crippen LogP contribution in [0, 0.1) is 5.92 Å². The second-order valence-corrected chi connectivity index (χ2v) is 6.73. The van der Waals surface area contributed by atoms with Crippen molar-refractivity contribution in [2.75, 3.05) is 11.6 Å². The van der Waals surface area contributed by atoms with Gasteiger partial charge in [0.2, 0.25) is 18.3 Å². The largest absolute Gasteiger partial charge is 0.392 e. The van der Waals surface area contributed by atoms with Gasteiger partial charge in [-0.25, -0.2) is 25.9 Å². The van der Waals surface area contributed by atoms with Crippen molar-refractivity contribution in [3.05, 3.63) is 42.1 Å². The Labute approximate surface area is 169 Å². The molecule has 2 amide bonds. The number of amides is 2. The molecule has 9 heteroatoms. The molecule has 2 rings (SSSR count). The molecular formula is C20H27N5O4. The van der Waals surface area contributed by atoms with Crippen molar-refractivity contribution >= 4 is 18.3 Å². The lowest BCUT2D eigenvalue weighted by atomic mass is 10.00. The number of carbonyl (C=O) groups excluding carboxylic acids is 2. The van der Waals surface area contributed by atoms with Crippen molar-refractivity contribution in [3.8, 4) is 11.3 Å². The number of hydrogen-bond acceptors (Lipinski definition) is 7. The van der Waals surface area contributed by atoms with Crippen LogP contribution in [0.15, 0.2) is 36.5 Å². The molecule has 0 spiro atoms. The molecular weight excluding hydrogens is 374 g/mol. The molecule has 4 N–H and O–H groups in total. The predicted molar refractivity (Wildman–Crippen MR) is 107 cm³/mol. The average molecular weight is 401 g/mol. The van der Waals surface area contributed by atoms with Crippen LogP contribution in [0.25, 0.3) is 11.3 Å². The fraction of sp³-hybridized carbons (Fsp3) is 0.400. The summed E-state index contributed by atoms with van der Waals surface area (Å²) in [7, 11) is 0. The average Bonchev–Trinajstić information content (AvgIpc) is 2.77. The third-order valence-corrected chi connectivity index (χ3v) is 4.54. The van der Waals surface area contributed by atoms with E-state index in [0.29, 0.717) is 17.2 Å². The smallest absolute Gasteiger partial charge is 0.248 e. The minimum atomic E-state index is -0.674. The first-order valence-electron chi connectivity index (χ1n) is 9.52. The number of benzene rings is 1. The van der Waals surface area contributed by atoms with Crippen molar-refractivity contribution in [1.82, 2.24) is 15.0 Å². The van der Waals surface area contributed by atoms with E-state index in [4.69, 9.17) is 5.84 Å². The topological polar surface area (TPSA) is 133 Å². The number of aromatic nitrogens is 2. The first-order valence-corrected chi connectivity index (χ1v) is 9.52. The van der Waals surface area contributed by atoms with Crippen LogP contribution in [0.2, 0.25) is 0 Å². The summed E-state index contributed by atoms with van der Waals surface area (Å²) < 4.78 is 0. The van der Waals surface area contributed by atoms with Gasteiger partial charge in [0.1, 0.15) is 0 Å². The maximum absolute atomic E-state index is 12.9. The number of hydrazine groups is 1. The van der Waals surface area contributed by atoms with Gasteiger partial charge in [-0.15, -0.1) is 0 Å². The maximum atomic E-state index is 12.9. The zero-order valence-electron chi connectivity index (χ0n) is 16.4. The summed E-state index contributed by atoms with van der Waals surface area (Å²) in [6, 6.07) is 8.89. The number of carbonyl (C=O) groups is 2. The Bertz CT molecular complexity index is 817. The van der Waals surface area contributed by atoms with E-state index in [-0.39, 0.29) is 25.5 Å². The minimum Gasteiger partial charge on any atom is -0.392 e. The zero-order valence-corrected chi connectivity index (χ0v) is 16.4. The Morgan fingerprint density at radius 1 is 1.31 bits per heavy atom. The number of hydrogen-bond donors (Lipinski definition) is 3. The molecule has 1 aromatic heterocycles. The number of nitrogens with two attached hydrogens (primary N) is 1. The van der Waals surface area contributed by atoms with E-state index in [1.165, 1.54) is 6.20 Å². The van der Waals surface area contributed by atoms with Crippen molar-refractivity contribution < 1.29 is 19.9 Å². The van der Waals surface area contributed by atoms with E-state index in [2.05, 4.69) is 9.97 Å². The predicted octanol–water partition coefficient (Wildman–Crippen LogP) is 1.89. The number of aliphatic hydroxyl groups excluding tert-OH is 1. The van der Waals surface area contributed by atoms with Crippen molar-refractivity contribution in [2.45, 2.75) is 39.2 Å². The summed E-state index contributed by atoms with van der Waals surface area (Å²) >= 11 is 0. The number of anilines is 1. The fourth-order valence-electron chi connectivity index (χ4n) is 2.95. The SMILES string of the molecule is CCCCC[C@H](CN(O)C=O)C(=O)N(N)c1nccc(-c2cccc(CO)c2)n1. The van der Waals surface area contributed by atoms with E-state index in [1.54, 1.807) is 24.3 Å². The van der Waals surface area contributed by atoms with Crippen molar-refractivity contribution in [3.63, 3.8) is 0 Å². The maximum Gasteiger partial charge on any atom is 0.248 e. The van der Waals surface area contributed by atoms with Gasteiger partial charge in [-0.2, -0.15) is 0 Å². The zero-order chi connectivity index (χ0) is 21.2. The number of rotatable bonds is 11. The Balaban J connectivity index is 2.22. The summed E-state index contributed by atoms with van der Waals surface area (Å²) in [5, 5.41) is 20.1. The molecule has 29 heavy (non-hydrogen) atoms. The highest BCUT2D eigenvalue weighted by atomic mass is 16.5. The van der Waals surface area contributed by atoms with Crippen LogP contribution in [0.3, 0.4) is 0 Å². The third-order valence-electron chi connectivity index (χ3n) is 4.54. The molecule has 0 fully saturated rings. The number of nitrogens with zero attached hydrogens (tertiary/aromatic N) is 4. The highest BCUT2D eigenvalue weighted by Gasteiger charge is 2.26. The van der Waals surface area contributed by atoms with Crippen LogP contribution in [0.1, 0.15) is 38.2 Å². The van der Waals surface area contributed by atoms with Crippen LogP contribution in [-0.2, 0) is 16.2 Å². The lowest BCUT2D eigenvalue weighted by Crippen LogP contribution is -2.45. The molecule has 2 aromatic rings. The van der Waals surface area contributed by atoms with Gasteiger partial charge in [-0.3, -0.25) is 14.8 Å². The first-order chi connectivity index (χ1) is 14.0. The molecule has 0 radical (unpaired) electrons.